The Kier molecular flexibility index (Phi) is 5.51. The molecule has 0 unspecified atom stereocenters. The van der Waals surface area contributed by atoms with E-state index in [1.807, 2.05) is 12.1 Å². The summed E-state index contributed by atoms with van der Waals surface area (Å²) in [5.41, 5.74) is 2.10. The molecule has 5 aliphatic rings. The predicted octanol–water partition coefficient (Wildman–Crippen LogP) is 4.54. The first kappa shape index (κ1) is 23.6. The van der Waals surface area contributed by atoms with Crippen LogP contribution in [0.1, 0.15) is 49.7 Å². The van der Waals surface area contributed by atoms with Gasteiger partial charge in [-0.05, 0) is 103 Å². The molecule has 4 bridgehead atoms. The minimum Gasteiger partial charge on any atom is -0.502 e. The maximum Gasteiger partial charge on any atom is 0.335 e. The second-order valence-electron chi connectivity index (χ2n) is 11.0. The number of amides is 4. The van der Waals surface area contributed by atoms with Crippen LogP contribution in [0, 0.1) is 17.8 Å². The molecule has 0 atom stereocenters. The van der Waals surface area contributed by atoms with E-state index in [1.54, 1.807) is 0 Å². The Morgan fingerprint density at radius 3 is 1.97 bits per heavy atom. The zero-order valence-electron chi connectivity index (χ0n) is 21.0. The Morgan fingerprint density at radius 1 is 0.919 bits per heavy atom. The highest BCUT2D eigenvalue weighted by atomic mass is 16.5. The summed E-state index contributed by atoms with van der Waals surface area (Å²) in [5, 5.41) is 12.4. The first-order valence-electron chi connectivity index (χ1n) is 12.8. The van der Waals surface area contributed by atoms with Crippen molar-refractivity contribution in [2.75, 3.05) is 19.1 Å². The van der Waals surface area contributed by atoms with Crippen LogP contribution >= 0.6 is 0 Å². The third kappa shape index (κ3) is 3.86. The molecule has 192 valence electrons. The van der Waals surface area contributed by atoms with Crippen molar-refractivity contribution in [3.8, 4) is 17.2 Å². The van der Waals surface area contributed by atoms with E-state index < -0.39 is 17.8 Å². The summed E-state index contributed by atoms with van der Waals surface area (Å²) in [6, 6.07) is 9.91. The van der Waals surface area contributed by atoms with E-state index in [4.69, 9.17) is 9.47 Å². The molecule has 0 radical (unpaired) electrons. The van der Waals surface area contributed by atoms with Crippen LogP contribution in [0.2, 0.25) is 0 Å². The number of carbonyl (C=O) groups excluding carboxylic acids is 3. The molecule has 1 heterocycles. The number of urea groups is 1. The number of phenols is 1. The fourth-order valence-corrected chi connectivity index (χ4v) is 7.48. The van der Waals surface area contributed by atoms with Gasteiger partial charge in [-0.2, -0.15) is 0 Å². The first-order valence-corrected chi connectivity index (χ1v) is 12.8. The molecule has 8 heteroatoms. The van der Waals surface area contributed by atoms with Gasteiger partial charge in [0.2, 0.25) is 5.75 Å². The van der Waals surface area contributed by atoms with E-state index in [-0.39, 0.29) is 28.2 Å². The van der Waals surface area contributed by atoms with Crippen LogP contribution in [0.15, 0.2) is 42.0 Å². The summed E-state index contributed by atoms with van der Waals surface area (Å²) < 4.78 is 10.3. The molecule has 37 heavy (non-hydrogen) atoms. The number of benzene rings is 2. The number of nitrogens with one attached hydrogen (secondary N) is 1. The summed E-state index contributed by atoms with van der Waals surface area (Å²) in [6.45, 7) is 0. The molecule has 0 aromatic heterocycles. The molecule has 2 aromatic carbocycles. The average molecular weight is 503 g/mol. The second kappa shape index (κ2) is 8.64. The molecule has 1 aliphatic heterocycles. The largest absolute Gasteiger partial charge is 0.502 e. The van der Waals surface area contributed by atoms with Gasteiger partial charge in [0, 0.05) is 0 Å². The highest BCUT2D eigenvalue weighted by Gasteiger charge is 2.51. The van der Waals surface area contributed by atoms with Gasteiger partial charge < -0.3 is 14.6 Å². The Balaban J connectivity index is 1.30. The van der Waals surface area contributed by atoms with Crippen LogP contribution in [0.5, 0.6) is 17.2 Å². The highest BCUT2D eigenvalue weighted by Crippen LogP contribution is 2.60. The fourth-order valence-electron chi connectivity index (χ4n) is 7.48. The van der Waals surface area contributed by atoms with Gasteiger partial charge in [-0.1, -0.05) is 12.1 Å². The third-order valence-corrected chi connectivity index (χ3v) is 8.69. The van der Waals surface area contributed by atoms with Crippen molar-refractivity contribution in [2.24, 2.45) is 17.8 Å². The quantitative estimate of drug-likeness (QED) is 0.459. The summed E-state index contributed by atoms with van der Waals surface area (Å²) in [6.07, 6.45) is 9.11. The summed E-state index contributed by atoms with van der Waals surface area (Å²) in [5.74, 6) is 1.00. The molecule has 4 amide bonds. The Bertz CT molecular complexity index is 1270. The van der Waals surface area contributed by atoms with Crippen LogP contribution in [-0.2, 0) is 15.0 Å². The lowest BCUT2D eigenvalue weighted by atomic mass is 9.48. The molecule has 0 spiro atoms. The maximum atomic E-state index is 13.4. The zero-order chi connectivity index (χ0) is 25.9. The molecule has 7 rings (SSSR count). The maximum absolute atomic E-state index is 13.4. The van der Waals surface area contributed by atoms with Gasteiger partial charge in [-0.3, -0.25) is 14.9 Å². The Morgan fingerprint density at radius 2 is 1.46 bits per heavy atom. The molecule has 8 nitrogen and oxygen atoms in total. The van der Waals surface area contributed by atoms with Gasteiger partial charge in [-0.15, -0.1) is 0 Å². The lowest BCUT2D eigenvalue weighted by Crippen LogP contribution is -2.54. The van der Waals surface area contributed by atoms with E-state index >= 15 is 0 Å². The lowest BCUT2D eigenvalue weighted by Gasteiger charge is -2.57. The van der Waals surface area contributed by atoms with Crippen molar-refractivity contribution in [2.45, 2.75) is 43.9 Å². The van der Waals surface area contributed by atoms with Crippen LogP contribution < -0.4 is 19.7 Å². The highest BCUT2D eigenvalue weighted by molar-refractivity contribution is 6.39. The average Bonchev–Trinajstić information content (AvgIpc) is 2.86. The van der Waals surface area contributed by atoms with Crippen molar-refractivity contribution >= 4 is 29.6 Å². The SMILES string of the molecule is COc1cc(/C=C2\C(=O)NC(=O)N(c3ccc(C45CC6CC(CC(C6)C4)C5)cc3)C2=O)cc(OC)c1O. The molecular weight excluding hydrogens is 472 g/mol. The minimum absolute atomic E-state index is 0.128. The number of carbonyl (C=O) groups is 3. The van der Waals surface area contributed by atoms with E-state index in [1.165, 1.54) is 76.5 Å². The van der Waals surface area contributed by atoms with Crippen molar-refractivity contribution in [1.82, 2.24) is 5.32 Å². The third-order valence-electron chi connectivity index (χ3n) is 8.69. The molecule has 2 aromatic rings. The number of phenolic OH excluding ortho intramolecular Hbond substituents is 1. The van der Waals surface area contributed by atoms with Gasteiger partial charge >= 0.3 is 6.03 Å². The minimum atomic E-state index is -0.789. The first-order chi connectivity index (χ1) is 17.8. The molecule has 1 saturated heterocycles. The number of methoxy groups -OCH3 is 2. The number of barbiturate groups is 1. The van der Waals surface area contributed by atoms with Crippen molar-refractivity contribution < 1.29 is 29.0 Å². The van der Waals surface area contributed by atoms with E-state index in [2.05, 4.69) is 17.4 Å². The lowest BCUT2D eigenvalue weighted by molar-refractivity contribution is -0.122. The summed E-state index contributed by atoms with van der Waals surface area (Å²) in [7, 11) is 2.77. The number of aromatic hydroxyl groups is 1. The second-order valence-corrected chi connectivity index (χ2v) is 11.0. The molecule has 4 aliphatic carbocycles. The molecule has 4 saturated carbocycles. The van der Waals surface area contributed by atoms with Crippen LogP contribution in [0.25, 0.3) is 6.08 Å². The number of imide groups is 2. The molecule has 2 N–H and O–H groups in total. The topological polar surface area (TPSA) is 105 Å². The predicted molar refractivity (Wildman–Crippen MR) is 137 cm³/mol. The monoisotopic (exact) mass is 502 g/mol. The fraction of sp³-hybridized carbons (Fsp3) is 0.414. The van der Waals surface area contributed by atoms with Gasteiger partial charge in [-0.25, -0.2) is 9.69 Å². The van der Waals surface area contributed by atoms with Crippen molar-refractivity contribution in [3.63, 3.8) is 0 Å². The van der Waals surface area contributed by atoms with Gasteiger partial charge in [0.1, 0.15) is 5.57 Å². The number of anilines is 1. The smallest absolute Gasteiger partial charge is 0.335 e. The van der Waals surface area contributed by atoms with Crippen molar-refractivity contribution in [3.05, 3.63) is 53.1 Å². The number of nitrogens with zero attached hydrogens (tertiary/aromatic N) is 1. The van der Waals surface area contributed by atoms with Crippen molar-refractivity contribution in [1.29, 1.82) is 0 Å². The molecule has 5 fully saturated rings. The zero-order valence-corrected chi connectivity index (χ0v) is 21.0. The number of rotatable bonds is 5. The van der Waals surface area contributed by atoms with Crippen LogP contribution in [-0.4, -0.2) is 37.2 Å². The van der Waals surface area contributed by atoms with Gasteiger partial charge in [0.15, 0.2) is 11.5 Å². The summed E-state index contributed by atoms with van der Waals surface area (Å²) in [4.78, 5) is 39.8. The Labute approximate surface area is 215 Å². The van der Waals surface area contributed by atoms with Gasteiger partial charge in [0.25, 0.3) is 11.8 Å². The van der Waals surface area contributed by atoms with Gasteiger partial charge in [0.05, 0.1) is 19.9 Å². The number of ether oxygens (including phenoxy) is 2. The number of hydrogen-bond acceptors (Lipinski definition) is 6. The van der Waals surface area contributed by atoms with Crippen LogP contribution in [0.4, 0.5) is 10.5 Å². The molecular formula is C29H30N2O6. The van der Waals surface area contributed by atoms with Crippen LogP contribution in [0.3, 0.4) is 0 Å². The van der Waals surface area contributed by atoms with E-state index in [0.717, 1.165) is 22.7 Å². The van der Waals surface area contributed by atoms with E-state index in [0.29, 0.717) is 11.3 Å². The Hall–Kier alpha value is -3.81. The normalized spacial score (nSPS) is 29.6. The van der Waals surface area contributed by atoms with E-state index in [9.17, 15) is 19.5 Å². The summed E-state index contributed by atoms with van der Waals surface area (Å²) >= 11 is 0. The number of hydrogen-bond donors (Lipinski definition) is 2. The standard InChI is InChI=1S/C29H30N2O6/c1-36-23-11-16(12-24(37-2)25(23)32)10-22-26(33)30-28(35)31(27(22)34)21-5-3-20(4-6-21)29-13-17-7-18(14-29)9-19(8-17)15-29/h3-6,10-12,17-19,32H,7-9,13-15H2,1-2H3,(H,30,33,35)/b22-10+.